The first-order valence-corrected chi connectivity index (χ1v) is 15.5. The Hall–Kier alpha value is -3.13. The summed E-state index contributed by atoms with van der Waals surface area (Å²) in [6.07, 6.45) is 2.79. The van der Waals surface area contributed by atoms with E-state index < -0.39 is 33.9 Å². The predicted molar refractivity (Wildman–Crippen MR) is 157 cm³/mol. The third-order valence-corrected chi connectivity index (χ3v) is 9.32. The molecule has 1 amide bonds. The zero-order valence-electron chi connectivity index (χ0n) is 24.5. The lowest BCUT2D eigenvalue weighted by Crippen LogP contribution is -2.52. The van der Waals surface area contributed by atoms with Crippen LogP contribution >= 0.6 is 0 Å². The van der Waals surface area contributed by atoms with Crippen molar-refractivity contribution in [1.82, 2.24) is 9.62 Å². The van der Waals surface area contributed by atoms with Crippen molar-refractivity contribution < 1.29 is 27.8 Å². The van der Waals surface area contributed by atoms with E-state index in [2.05, 4.69) is 11.4 Å². The Morgan fingerprint density at radius 1 is 1.12 bits per heavy atom. The van der Waals surface area contributed by atoms with E-state index in [1.54, 1.807) is 32.9 Å². The van der Waals surface area contributed by atoms with Gasteiger partial charge in [0.2, 0.25) is 10.0 Å². The van der Waals surface area contributed by atoms with E-state index in [-0.39, 0.29) is 29.8 Å². The molecule has 2 aromatic rings. The third-order valence-electron chi connectivity index (χ3n) is 7.50. The molecule has 2 N–H and O–H groups in total. The van der Waals surface area contributed by atoms with E-state index in [9.17, 15) is 23.6 Å². The van der Waals surface area contributed by atoms with Crippen molar-refractivity contribution in [3.63, 3.8) is 0 Å². The van der Waals surface area contributed by atoms with Crippen molar-refractivity contribution in [1.29, 1.82) is 5.26 Å². The average Bonchev–Trinajstić information content (AvgIpc) is 3.39. The molecular weight excluding hydrogens is 542 g/mol. The molecule has 41 heavy (non-hydrogen) atoms. The second-order valence-corrected chi connectivity index (χ2v) is 13.8. The number of nitriles is 1. The molecule has 10 heteroatoms. The molecule has 0 aromatic heterocycles. The topological polar surface area (TPSA) is 129 Å². The minimum absolute atomic E-state index is 0.0821. The van der Waals surface area contributed by atoms with E-state index in [4.69, 9.17) is 9.47 Å². The summed E-state index contributed by atoms with van der Waals surface area (Å²) in [5, 5.41) is 23.6. The Bertz CT molecular complexity index is 1260. The SMILES string of the molecule is COc1ccc(S(=O)(=O)N(C[C@@H](O)[C@H](Cc2ccccc2)NC(=O)OC(C)(C)C)CC2(CCC#N)CCCC2)cc1. The standard InChI is InChI=1S/C31H43N3O6S/c1-30(2,3)40-29(36)33-27(21-24-11-6-5-7-12-24)28(35)22-34(23-31(19-10-20-32)17-8-9-18-31)41(37,38)26-15-13-25(39-4)14-16-26/h5-7,11-16,27-28,35H,8-10,17-19,21-23H2,1-4H3,(H,33,36)/t27-,28+/m0/s1. The fourth-order valence-corrected chi connectivity index (χ4v) is 6.97. The molecule has 1 aliphatic rings. The van der Waals surface area contributed by atoms with Gasteiger partial charge in [0.15, 0.2) is 0 Å². The zero-order chi connectivity index (χ0) is 30.1. The summed E-state index contributed by atoms with van der Waals surface area (Å²) in [7, 11) is -2.53. The largest absolute Gasteiger partial charge is 0.497 e. The quantitative estimate of drug-likeness (QED) is 0.337. The summed E-state index contributed by atoms with van der Waals surface area (Å²) in [5.74, 6) is 0.529. The lowest BCUT2D eigenvalue weighted by Gasteiger charge is -2.37. The fourth-order valence-electron chi connectivity index (χ4n) is 5.40. The first kappa shape index (κ1) is 32.4. The molecular formula is C31H43N3O6S. The highest BCUT2D eigenvalue weighted by molar-refractivity contribution is 7.89. The highest BCUT2D eigenvalue weighted by Gasteiger charge is 2.40. The van der Waals surface area contributed by atoms with Crippen LogP contribution in [0.4, 0.5) is 4.79 Å². The maximum absolute atomic E-state index is 14.1. The second-order valence-electron chi connectivity index (χ2n) is 11.8. The van der Waals surface area contributed by atoms with Gasteiger partial charge in [-0.3, -0.25) is 0 Å². The number of sulfonamides is 1. The summed E-state index contributed by atoms with van der Waals surface area (Å²) < 4.78 is 40.1. The Balaban J connectivity index is 1.95. The van der Waals surface area contributed by atoms with Gasteiger partial charge in [-0.25, -0.2) is 13.2 Å². The van der Waals surface area contributed by atoms with Crippen LogP contribution < -0.4 is 10.1 Å². The molecule has 0 unspecified atom stereocenters. The van der Waals surface area contributed by atoms with Crippen LogP contribution in [0.5, 0.6) is 5.75 Å². The van der Waals surface area contributed by atoms with E-state index in [0.717, 1.165) is 31.2 Å². The maximum atomic E-state index is 14.1. The highest BCUT2D eigenvalue weighted by atomic mass is 32.2. The van der Waals surface area contributed by atoms with Gasteiger partial charge in [0.1, 0.15) is 11.4 Å². The monoisotopic (exact) mass is 585 g/mol. The minimum Gasteiger partial charge on any atom is -0.497 e. The summed E-state index contributed by atoms with van der Waals surface area (Å²) in [6, 6.07) is 16.9. The van der Waals surface area contributed by atoms with E-state index in [1.165, 1.54) is 23.5 Å². The fraction of sp³-hybridized carbons (Fsp3) is 0.548. The summed E-state index contributed by atoms with van der Waals surface area (Å²) in [6.45, 7) is 5.18. The van der Waals surface area contributed by atoms with Crippen molar-refractivity contribution in [3.05, 3.63) is 60.2 Å². The molecule has 3 rings (SSSR count). The normalized spacial score (nSPS) is 16.5. The molecule has 9 nitrogen and oxygen atoms in total. The number of methoxy groups -OCH3 is 1. The number of amides is 1. The van der Waals surface area contributed by atoms with Crippen LogP contribution in [0.1, 0.15) is 64.9 Å². The van der Waals surface area contributed by atoms with Gasteiger partial charge in [0, 0.05) is 19.5 Å². The van der Waals surface area contributed by atoms with Gasteiger partial charge in [0.25, 0.3) is 0 Å². The minimum atomic E-state index is -4.04. The molecule has 0 saturated heterocycles. The van der Waals surface area contributed by atoms with Gasteiger partial charge < -0.3 is 19.9 Å². The lowest BCUT2D eigenvalue weighted by atomic mass is 9.81. The number of hydrogen-bond donors (Lipinski definition) is 2. The second kappa shape index (κ2) is 14.2. The molecule has 0 spiro atoms. The van der Waals surface area contributed by atoms with Crippen LogP contribution in [-0.4, -0.2) is 61.9 Å². The Kier molecular flexibility index (Phi) is 11.2. The summed E-state index contributed by atoms with van der Waals surface area (Å²) >= 11 is 0. The average molecular weight is 586 g/mol. The van der Waals surface area contributed by atoms with Gasteiger partial charge in [-0.2, -0.15) is 9.57 Å². The zero-order valence-corrected chi connectivity index (χ0v) is 25.3. The number of ether oxygens (including phenoxy) is 2. The molecule has 0 aliphatic heterocycles. The molecule has 1 aliphatic carbocycles. The number of carbonyl (C=O) groups excluding carboxylic acids is 1. The van der Waals surface area contributed by atoms with E-state index >= 15 is 0 Å². The lowest BCUT2D eigenvalue weighted by molar-refractivity contribution is 0.0388. The molecule has 0 radical (unpaired) electrons. The van der Waals surface area contributed by atoms with Gasteiger partial charge in [-0.15, -0.1) is 0 Å². The highest BCUT2D eigenvalue weighted by Crippen LogP contribution is 2.43. The summed E-state index contributed by atoms with van der Waals surface area (Å²) in [4.78, 5) is 12.8. The number of aliphatic hydroxyl groups excluding tert-OH is 1. The molecule has 0 bridgehead atoms. The Morgan fingerprint density at radius 2 is 1.76 bits per heavy atom. The molecule has 224 valence electrons. The number of benzene rings is 2. The third kappa shape index (κ3) is 9.45. The van der Waals surface area contributed by atoms with Crippen LogP contribution in [-0.2, 0) is 21.2 Å². The number of nitrogens with one attached hydrogen (secondary N) is 1. The van der Waals surface area contributed by atoms with E-state index in [1.807, 2.05) is 30.3 Å². The molecule has 2 atom stereocenters. The first-order chi connectivity index (χ1) is 19.4. The van der Waals surface area contributed by atoms with Gasteiger partial charge in [-0.1, -0.05) is 43.2 Å². The van der Waals surface area contributed by atoms with Crippen molar-refractivity contribution in [2.45, 2.75) is 88.4 Å². The van der Waals surface area contributed by atoms with Crippen LogP contribution in [0.2, 0.25) is 0 Å². The van der Waals surface area contributed by atoms with Crippen LogP contribution in [0.3, 0.4) is 0 Å². The smallest absolute Gasteiger partial charge is 0.407 e. The number of carbonyl (C=O) groups is 1. The number of aliphatic hydroxyl groups is 1. The molecule has 2 aromatic carbocycles. The molecule has 1 saturated carbocycles. The Labute approximate surface area is 244 Å². The summed E-state index contributed by atoms with van der Waals surface area (Å²) in [5.41, 5.74) is -0.229. The van der Waals surface area contributed by atoms with Crippen molar-refractivity contribution in [2.75, 3.05) is 20.2 Å². The van der Waals surface area contributed by atoms with Gasteiger partial charge >= 0.3 is 6.09 Å². The van der Waals surface area contributed by atoms with Gasteiger partial charge in [-0.05, 0) is 81.7 Å². The van der Waals surface area contributed by atoms with E-state index in [0.29, 0.717) is 18.6 Å². The van der Waals surface area contributed by atoms with Crippen LogP contribution in [0.25, 0.3) is 0 Å². The first-order valence-electron chi connectivity index (χ1n) is 14.1. The number of rotatable bonds is 13. The van der Waals surface area contributed by atoms with Crippen molar-refractivity contribution in [3.8, 4) is 11.8 Å². The van der Waals surface area contributed by atoms with Crippen LogP contribution in [0, 0.1) is 16.7 Å². The Morgan fingerprint density at radius 3 is 2.32 bits per heavy atom. The van der Waals surface area contributed by atoms with Gasteiger partial charge in [0.05, 0.1) is 30.2 Å². The molecule has 1 fully saturated rings. The molecule has 0 heterocycles. The maximum Gasteiger partial charge on any atom is 0.407 e. The number of nitrogens with zero attached hydrogens (tertiary/aromatic N) is 2. The number of hydrogen-bond acceptors (Lipinski definition) is 7. The number of alkyl carbamates (subject to hydrolysis) is 1. The van der Waals surface area contributed by atoms with Crippen molar-refractivity contribution in [2.24, 2.45) is 5.41 Å². The predicted octanol–water partition coefficient (Wildman–Crippen LogP) is 5.05. The van der Waals surface area contributed by atoms with Crippen molar-refractivity contribution >= 4 is 16.1 Å². The van der Waals surface area contributed by atoms with Crippen LogP contribution in [0.15, 0.2) is 59.5 Å².